The Labute approximate surface area is 209 Å². The molecule has 6 nitrogen and oxygen atoms in total. The molecule has 182 valence electrons. The second kappa shape index (κ2) is 9.90. The van der Waals surface area contributed by atoms with Gasteiger partial charge in [-0.2, -0.15) is 0 Å². The second-order valence-electron chi connectivity index (χ2n) is 9.78. The molecule has 1 aromatic heterocycles. The fraction of sp³-hybridized carbons (Fsp3) is 0.393. The number of aromatic hydroxyl groups is 1. The topological polar surface area (TPSA) is 87.5 Å². The highest BCUT2D eigenvalue weighted by Gasteiger charge is 2.29. The van der Waals surface area contributed by atoms with Crippen molar-refractivity contribution >= 4 is 23.2 Å². The molecule has 1 aliphatic carbocycles. The molecule has 0 saturated heterocycles. The number of aliphatic imine (C=N–C) groups is 1. The van der Waals surface area contributed by atoms with Crippen molar-refractivity contribution in [2.24, 2.45) is 4.99 Å². The number of para-hydroxylation sites is 1. The monoisotopic (exact) mass is 489 g/mol. The minimum absolute atomic E-state index is 0.00692. The number of fused-ring (bicyclic) bond motifs is 1. The molecular formula is C28H31N3O3S. The fourth-order valence-electron chi connectivity index (χ4n) is 5.13. The number of nitrogens with one attached hydrogen (secondary N) is 1. The number of H-pyrrole nitrogens is 1. The molecule has 2 heterocycles. The summed E-state index contributed by atoms with van der Waals surface area (Å²) in [5, 5.41) is 11.3. The summed E-state index contributed by atoms with van der Waals surface area (Å²) in [6.45, 7) is 4.35. The van der Waals surface area contributed by atoms with Crippen molar-refractivity contribution in [2.45, 2.75) is 74.5 Å². The molecule has 3 aromatic rings. The molecule has 1 saturated carbocycles. The zero-order valence-electron chi connectivity index (χ0n) is 20.2. The van der Waals surface area contributed by atoms with Crippen LogP contribution in [0.25, 0.3) is 0 Å². The average molecular weight is 490 g/mol. The quantitative estimate of drug-likeness (QED) is 0.455. The van der Waals surface area contributed by atoms with E-state index < -0.39 is 11.2 Å². The molecule has 1 aliphatic heterocycles. The van der Waals surface area contributed by atoms with E-state index in [4.69, 9.17) is 4.99 Å². The van der Waals surface area contributed by atoms with Gasteiger partial charge < -0.3 is 5.11 Å². The lowest BCUT2D eigenvalue weighted by molar-refractivity contribution is 0.298. The number of aromatic amines is 1. The minimum Gasteiger partial charge on any atom is -0.494 e. The molecule has 2 aliphatic rings. The first-order chi connectivity index (χ1) is 16.9. The van der Waals surface area contributed by atoms with E-state index in [1.54, 1.807) is 11.8 Å². The molecule has 7 heteroatoms. The summed E-state index contributed by atoms with van der Waals surface area (Å²) < 4.78 is 1.38. The van der Waals surface area contributed by atoms with Crippen LogP contribution < -0.4 is 11.2 Å². The van der Waals surface area contributed by atoms with Gasteiger partial charge in [-0.1, -0.05) is 69.5 Å². The van der Waals surface area contributed by atoms with Crippen LogP contribution in [-0.2, 0) is 0 Å². The largest absolute Gasteiger partial charge is 0.494 e. The Balaban J connectivity index is 1.62. The third-order valence-electron chi connectivity index (χ3n) is 7.09. The van der Waals surface area contributed by atoms with E-state index in [0.29, 0.717) is 18.1 Å². The summed E-state index contributed by atoms with van der Waals surface area (Å²) in [7, 11) is 0. The molecule has 0 spiro atoms. The summed E-state index contributed by atoms with van der Waals surface area (Å²) in [5.74, 6) is 0.183. The SMILES string of the molecule is CC(C)c1ccc([C@@H]2CC(c3c(O)n(C4CCCCC4)c(=O)[nH]c3=O)=Nc3ccccc3S2)cc1. The van der Waals surface area contributed by atoms with Gasteiger partial charge in [0.1, 0.15) is 5.56 Å². The maximum absolute atomic E-state index is 13.1. The van der Waals surface area contributed by atoms with Gasteiger partial charge in [0.05, 0.1) is 11.4 Å². The summed E-state index contributed by atoms with van der Waals surface area (Å²) in [6, 6.07) is 16.4. The van der Waals surface area contributed by atoms with E-state index in [2.05, 4.69) is 43.1 Å². The van der Waals surface area contributed by atoms with E-state index in [9.17, 15) is 14.7 Å². The lowest BCUT2D eigenvalue weighted by Crippen LogP contribution is -2.36. The van der Waals surface area contributed by atoms with E-state index in [1.807, 2.05) is 24.3 Å². The lowest BCUT2D eigenvalue weighted by atomic mass is 9.95. The van der Waals surface area contributed by atoms with Gasteiger partial charge in [-0.25, -0.2) is 4.79 Å². The first kappa shape index (κ1) is 23.7. The van der Waals surface area contributed by atoms with Gasteiger partial charge in [0.2, 0.25) is 5.88 Å². The zero-order valence-corrected chi connectivity index (χ0v) is 21.0. The van der Waals surface area contributed by atoms with Crippen LogP contribution in [0.5, 0.6) is 5.88 Å². The van der Waals surface area contributed by atoms with E-state index >= 15 is 0 Å². The molecule has 1 atom stereocenters. The third kappa shape index (κ3) is 4.74. The van der Waals surface area contributed by atoms with Gasteiger partial charge in [-0.15, -0.1) is 11.8 Å². The maximum Gasteiger partial charge on any atom is 0.331 e. The zero-order chi connectivity index (χ0) is 24.5. The maximum atomic E-state index is 13.1. The van der Waals surface area contributed by atoms with Crippen LogP contribution in [0.1, 0.15) is 86.3 Å². The molecule has 0 amide bonds. The van der Waals surface area contributed by atoms with Crippen molar-refractivity contribution in [1.29, 1.82) is 0 Å². The van der Waals surface area contributed by atoms with Crippen LogP contribution in [-0.4, -0.2) is 20.4 Å². The minimum atomic E-state index is -0.586. The highest BCUT2D eigenvalue weighted by atomic mass is 32.2. The van der Waals surface area contributed by atoms with Crippen LogP contribution in [0.2, 0.25) is 0 Å². The normalized spacial score (nSPS) is 18.7. The van der Waals surface area contributed by atoms with Gasteiger partial charge >= 0.3 is 5.69 Å². The van der Waals surface area contributed by atoms with Gasteiger partial charge in [-0.3, -0.25) is 19.3 Å². The van der Waals surface area contributed by atoms with Gasteiger partial charge in [0, 0.05) is 22.6 Å². The lowest BCUT2D eigenvalue weighted by Gasteiger charge is -2.25. The van der Waals surface area contributed by atoms with Crippen LogP contribution in [0.15, 0.2) is 68.0 Å². The Hall–Kier alpha value is -3.06. The van der Waals surface area contributed by atoms with Gasteiger partial charge in [0.25, 0.3) is 5.56 Å². The van der Waals surface area contributed by atoms with Gasteiger partial charge in [0.15, 0.2) is 0 Å². The van der Waals surface area contributed by atoms with Gasteiger partial charge in [-0.05, 0) is 42.0 Å². The van der Waals surface area contributed by atoms with E-state index in [0.717, 1.165) is 48.3 Å². The average Bonchev–Trinajstić information content (AvgIpc) is 3.04. The highest BCUT2D eigenvalue weighted by Crippen LogP contribution is 2.46. The number of thioether (sulfide) groups is 1. The molecule has 5 rings (SSSR count). The summed E-state index contributed by atoms with van der Waals surface area (Å²) in [5.41, 5.74) is 2.66. The van der Waals surface area contributed by atoms with E-state index in [1.165, 1.54) is 10.1 Å². The molecular weight excluding hydrogens is 458 g/mol. The van der Waals surface area contributed by atoms with Crippen molar-refractivity contribution in [2.75, 3.05) is 0 Å². The molecule has 0 unspecified atom stereocenters. The molecule has 0 radical (unpaired) electrons. The Morgan fingerprint density at radius 3 is 2.46 bits per heavy atom. The smallest absolute Gasteiger partial charge is 0.331 e. The summed E-state index contributed by atoms with van der Waals surface area (Å²) >= 11 is 1.71. The molecule has 2 aromatic carbocycles. The number of aromatic nitrogens is 2. The Morgan fingerprint density at radius 2 is 1.74 bits per heavy atom. The van der Waals surface area contributed by atoms with Crippen molar-refractivity contribution < 1.29 is 5.11 Å². The number of hydrogen-bond acceptors (Lipinski definition) is 5. The summed E-state index contributed by atoms with van der Waals surface area (Å²) in [4.78, 5) is 34.2. The van der Waals surface area contributed by atoms with Crippen LogP contribution in [0.3, 0.4) is 0 Å². The second-order valence-corrected chi connectivity index (χ2v) is 11.0. The molecule has 2 N–H and O–H groups in total. The van der Waals surface area contributed by atoms with Crippen molar-refractivity contribution in [3.63, 3.8) is 0 Å². The predicted molar refractivity (Wildman–Crippen MR) is 141 cm³/mol. The Kier molecular flexibility index (Phi) is 6.69. The van der Waals surface area contributed by atoms with Crippen LogP contribution >= 0.6 is 11.8 Å². The Bertz CT molecular complexity index is 1370. The standard InChI is InChI=1S/C28H31N3O3S/c1-17(2)18-12-14-19(15-13-18)24-16-22(29-21-10-6-7-11-23(21)35-24)25-26(32)30-28(34)31(27(25)33)20-8-4-3-5-9-20/h6-7,10-15,17,20,24,33H,3-5,8-9,16H2,1-2H3,(H,30,32,34)/t24-/m0/s1. The number of benzene rings is 2. The third-order valence-corrected chi connectivity index (χ3v) is 8.41. The first-order valence-corrected chi connectivity index (χ1v) is 13.3. The first-order valence-electron chi connectivity index (χ1n) is 12.4. The van der Waals surface area contributed by atoms with Crippen molar-refractivity contribution in [1.82, 2.24) is 9.55 Å². The van der Waals surface area contributed by atoms with Crippen molar-refractivity contribution in [3.8, 4) is 5.88 Å². The number of hydrogen-bond donors (Lipinski definition) is 2. The highest BCUT2D eigenvalue weighted by molar-refractivity contribution is 7.99. The van der Waals surface area contributed by atoms with Crippen LogP contribution in [0, 0.1) is 0 Å². The van der Waals surface area contributed by atoms with E-state index in [-0.39, 0.29) is 22.7 Å². The Morgan fingerprint density at radius 1 is 1.03 bits per heavy atom. The molecule has 1 fully saturated rings. The molecule has 0 bridgehead atoms. The number of nitrogens with zero attached hydrogens (tertiary/aromatic N) is 2. The van der Waals surface area contributed by atoms with Crippen LogP contribution in [0.4, 0.5) is 5.69 Å². The summed E-state index contributed by atoms with van der Waals surface area (Å²) in [6.07, 6.45) is 5.22. The predicted octanol–water partition coefficient (Wildman–Crippen LogP) is 6.23. The fourth-order valence-corrected chi connectivity index (χ4v) is 6.36. The van der Waals surface area contributed by atoms with Crippen molar-refractivity contribution in [3.05, 3.63) is 86.1 Å². The number of rotatable bonds is 4. The molecule has 35 heavy (non-hydrogen) atoms.